The minimum Gasteiger partial charge on any atom is -0.497 e. The number of ether oxygens (including phenoxy) is 1. The molecule has 1 N–H and O–H groups in total. The van der Waals surface area contributed by atoms with Crippen molar-refractivity contribution < 1.29 is 14.3 Å². The number of hydrogen-bond acceptors (Lipinski definition) is 5. The lowest BCUT2D eigenvalue weighted by Gasteiger charge is -2.31. The Labute approximate surface area is 147 Å². The third-order valence-corrected chi connectivity index (χ3v) is 4.14. The number of benzene rings is 1. The first-order valence-corrected chi connectivity index (χ1v) is 8.07. The van der Waals surface area contributed by atoms with Crippen molar-refractivity contribution in [3.63, 3.8) is 0 Å². The van der Waals surface area contributed by atoms with Crippen molar-refractivity contribution in [1.29, 1.82) is 5.26 Å². The highest BCUT2D eigenvalue weighted by atomic mass is 16.5. The van der Waals surface area contributed by atoms with Crippen LogP contribution >= 0.6 is 0 Å². The van der Waals surface area contributed by atoms with Crippen LogP contribution < -0.4 is 10.1 Å². The number of carbonyl (C=O) groups excluding carboxylic acids is 2. The number of amides is 2. The van der Waals surface area contributed by atoms with Gasteiger partial charge in [-0.2, -0.15) is 5.26 Å². The molecular weight excluding hydrogens is 320 g/mol. The van der Waals surface area contributed by atoms with Crippen molar-refractivity contribution >= 4 is 12.3 Å². The quantitative estimate of drug-likeness (QED) is 0.474. The standard InChI is InChI=1S/C18H22N4O3/c1-14(15-3-5-17(25-2)6-4-15)20-18(24)16(11-19)12-21-7-9-22(13-23)10-8-21/h3-6,12-14H,7-10H2,1-2H3,(H,20,24)/b16-12-. The molecule has 1 fully saturated rings. The normalized spacial score (nSPS) is 16.0. The van der Waals surface area contributed by atoms with E-state index in [0.29, 0.717) is 26.2 Å². The molecule has 1 atom stereocenters. The molecule has 25 heavy (non-hydrogen) atoms. The number of piperazine rings is 1. The Bertz CT molecular complexity index is 671. The maximum absolute atomic E-state index is 12.4. The van der Waals surface area contributed by atoms with Crippen molar-refractivity contribution in [2.45, 2.75) is 13.0 Å². The molecule has 0 bridgehead atoms. The highest BCUT2D eigenvalue weighted by Crippen LogP contribution is 2.17. The fourth-order valence-electron chi connectivity index (χ4n) is 2.54. The molecule has 1 heterocycles. The second kappa shape index (κ2) is 8.73. The molecule has 1 saturated heterocycles. The first kappa shape index (κ1) is 18.3. The minimum atomic E-state index is -0.413. The summed E-state index contributed by atoms with van der Waals surface area (Å²) >= 11 is 0. The number of rotatable bonds is 6. The molecule has 7 heteroatoms. The van der Waals surface area contributed by atoms with Crippen LogP contribution in [-0.2, 0) is 9.59 Å². The Balaban J connectivity index is 1.98. The number of nitrogens with zero attached hydrogens (tertiary/aromatic N) is 3. The van der Waals surface area contributed by atoms with Gasteiger partial charge >= 0.3 is 0 Å². The van der Waals surface area contributed by atoms with E-state index < -0.39 is 5.91 Å². The van der Waals surface area contributed by atoms with E-state index in [2.05, 4.69) is 5.32 Å². The van der Waals surface area contributed by atoms with Crippen molar-refractivity contribution in [3.05, 3.63) is 41.6 Å². The third-order valence-electron chi connectivity index (χ3n) is 4.14. The topological polar surface area (TPSA) is 85.7 Å². The molecule has 0 aromatic heterocycles. The van der Waals surface area contributed by atoms with E-state index in [1.54, 1.807) is 18.2 Å². The van der Waals surface area contributed by atoms with E-state index in [4.69, 9.17) is 4.74 Å². The summed E-state index contributed by atoms with van der Waals surface area (Å²) < 4.78 is 5.12. The summed E-state index contributed by atoms with van der Waals surface area (Å²) in [4.78, 5) is 26.6. The number of carbonyl (C=O) groups is 2. The van der Waals surface area contributed by atoms with Gasteiger partial charge in [-0.3, -0.25) is 9.59 Å². The lowest BCUT2D eigenvalue weighted by atomic mass is 10.1. The second-order valence-corrected chi connectivity index (χ2v) is 5.80. The molecule has 1 aliphatic rings. The van der Waals surface area contributed by atoms with Gasteiger partial charge in [-0.15, -0.1) is 0 Å². The molecule has 1 aromatic rings. The summed E-state index contributed by atoms with van der Waals surface area (Å²) in [6.45, 7) is 4.24. The summed E-state index contributed by atoms with van der Waals surface area (Å²) in [6.07, 6.45) is 2.38. The SMILES string of the molecule is COc1ccc(C(C)NC(=O)/C(C#N)=C\N2CCN(C=O)CC2)cc1. The zero-order valence-electron chi connectivity index (χ0n) is 14.4. The average Bonchev–Trinajstić information content (AvgIpc) is 2.66. The molecular formula is C18H22N4O3. The lowest BCUT2D eigenvalue weighted by Crippen LogP contribution is -2.43. The minimum absolute atomic E-state index is 0.0555. The Morgan fingerprint density at radius 1 is 1.24 bits per heavy atom. The van der Waals surface area contributed by atoms with Crippen LogP contribution in [-0.4, -0.2) is 55.4 Å². The smallest absolute Gasteiger partial charge is 0.263 e. The summed E-state index contributed by atoms with van der Waals surface area (Å²) in [5.41, 5.74) is 0.978. The number of methoxy groups -OCH3 is 1. The predicted octanol–water partition coefficient (Wildman–Crippen LogP) is 1.05. The molecule has 0 aliphatic carbocycles. The van der Waals surface area contributed by atoms with Gasteiger partial charge in [0.15, 0.2) is 0 Å². The van der Waals surface area contributed by atoms with Crippen LogP contribution in [0.1, 0.15) is 18.5 Å². The van der Waals surface area contributed by atoms with Crippen LogP contribution in [0.3, 0.4) is 0 Å². The maximum atomic E-state index is 12.4. The Kier molecular flexibility index (Phi) is 6.40. The Morgan fingerprint density at radius 2 is 1.84 bits per heavy atom. The van der Waals surface area contributed by atoms with E-state index in [1.807, 2.05) is 42.2 Å². The zero-order chi connectivity index (χ0) is 18.2. The fraction of sp³-hybridized carbons (Fsp3) is 0.389. The van der Waals surface area contributed by atoms with E-state index in [-0.39, 0.29) is 11.6 Å². The van der Waals surface area contributed by atoms with Crippen molar-refractivity contribution in [3.8, 4) is 11.8 Å². The molecule has 0 saturated carbocycles. The van der Waals surface area contributed by atoms with Crippen molar-refractivity contribution in [1.82, 2.24) is 15.1 Å². The number of nitrogens with one attached hydrogen (secondary N) is 1. The third kappa shape index (κ3) is 4.98. The van der Waals surface area contributed by atoms with Gasteiger partial charge in [0, 0.05) is 32.4 Å². The molecule has 2 rings (SSSR count). The molecule has 0 spiro atoms. The fourth-order valence-corrected chi connectivity index (χ4v) is 2.54. The second-order valence-electron chi connectivity index (χ2n) is 5.80. The molecule has 1 aliphatic heterocycles. The average molecular weight is 342 g/mol. The maximum Gasteiger partial charge on any atom is 0.263 e. The van der Waals surface area contributed by atoms with Crippen LogP contribution in [0.25, 0.3) is 0 Å². The molecule has 2 amide bonds. The molecule has 1 aromatic carbocycles. The number of nitriles is 1. The Hall–Kier alpha value is -3.01. The van der Waals surface area contributed by atoms with E-state index >= 15 is 0 Å². The molecule has 1 unspecified atom stereocenters. The van der Waals surface area contributed by atoms with E-state index in [0.717, 1.165) is 17.7 Å². The largest absolute Gasteiger partial charge is 0.497 e. The summed E-state index contributed by atoms with van der Waals surface area (Å²) in [5.74, 6) is 0.331. The molecule has 0 radical (unpaired) electrons. The van der Waals surface area contributed by atoms with Crippen LogP contribution in [0.2, 0.25) is 0 Å². The van der Waals surface area contributed by atoms with Crippen LogP contribution in [0.4, 0.5) is 0 Å². The van der Waals surface area contributed by atoms with Gasteiger partial charge in [-0.1, -0.05) is 12.1 Å². The van der Waals surface area contributed by atoms with Gasteiger partial charge in [0.25, 0.3) is 5.91 Å². The summed E-state index contributed by atoms with van der Waals surface area (Å²) in [6, 6.07) is 9.12. The van der Waals surface area contributed by atoms with E-state index in [9.17, 15) is 14.9 Å². The van der Waals surface area contributed by atoms with Gasteiger partial charge in [0.05, 0.1) is 13.2 Å². The summed E-state index contributed by atoms with van der Waals surface area (Å²) in [7, 11) is 1.60. The Morgan fingerprint density at radius 3 is 2.36 bits per heavy atom. The van der Waals surface area contributed by atoms with Gasteiger partial charge < -0.3 is 19.9 Å². The monoisotopic (exact) mass is 342 g/mol. The van der Waals surface area contributed by atoms with Gasteiger partial charge in [-0.05, 0) is 24.6 Å². The van der Waals surface area contributed by atoms with Gasteiger partial charge in [-0.25, -0.2) is 0 Å². The first-order valence-electron chi connectivity index (χ1n) is 8.07. The summed E-state index contributed by atoms with van der Waals surface area (Å²) in [5, 5.41) is 12.1. The van der Waals surface area contributed by atoms with E-state index in [1.165, 1.54) is 0 Å². The molecule has 132 valence electrons. The van der Waals surface area contributed by atoms with Crippen LogP contribution in [0, 0.1) is 11.3 Å². The van der Waals surface area contributed by atoms with Crippen molar-refractivity contribution in [2.75, 3.05) is 33.3 Å². The highest BCUT2D eigenvalue weighted by Gasteiger charge is 2.18. The first-order chi connectivity index (χ1) is 12.1. The lowest BCUT2D eigenvalue weighted by molar-refractivity contribution is -0.120. The van der Waals surface area contributed by atoms with Crippen LogP contribution in [0.5, 0.6) is 5.75 Å². The van der Waals surface area contributed by atoms with Crippen molar-refractivity contribution in [2.24, 2.45) is 0 Å². The van der Waals surface area contributed by atoms with Gasteiger partial charge in [0.2, 0.25) is 6.41 Å². The van der Waals surface area contributed by atoms with Crippen LogP contribution in [0.15, 0.2) is 36.0 Å². The number of hydrogen-bond donors (Lipinski definition) is 1. The zero-order valence-corrected chi connectivity index (χ0v) is 14.4. The predicted molar refractivity (Wildman–Crippen MR) is 92.5 cm³/mol. The molecule has 7 nitrogen and oxygen atoms in total. The highest BCUT2D eigenvalue weighted by molar-refractivity contribution is 5.97. The van der Waals surface area contributed by atoms with Gasteiger partial charge in [0.1, 0.15) is 17.4 Å².